The number of nitriles is 1. The molecule has 0 saturated carbocycles. The lowest BCUT2D eigenvalue weighted by molar-refractivity contribution is -0.164. The van der Waals surface area contributed by atoms with Crippen LogP contribution in [-0.4, -0.2) is 17.1 Å². The molecule has 28 heavy (non-hydrogen) atoms. The zero-order valence-corrected chi connectivity index (χ0v) is 17.8. The van der Waals surface area contributed by atoms with E-state index in [4.69, 9.17) is 11.6 Å². The largest absolute Gasteiger partial charge is 0.481 e. The number of nitrogens with one attached hydrogen (secondary N) is 1. The molecule has 3 unspecified atom stereocenters. The van der Waals surface area contributed by atoms with Crippen molar-refractivity contribution in [2.24, 2.45) is 10.8 Å². The van der Waals surface area contributed by atoms with Crippen LogP contribution in [0.1, 0.15) is 65.4 Å². The highest BCUT2D eigenvalue weighted by atomic mass is 35.5. The van der Waals surface area contributed by atoms with Crippen LogP contribution in [0, 0.1) is 28.0 Å². The highest BCUT2D eigenvalue weighted by molar-refractivity contribution is 6.31. The van der Waals surface area contributed by atoms with Crippen molar-refractivity contribution in [1.29, 1.82) is 5.26 Å². The van der Waals surface area contributed by atoms with Gasteiger partial charge in [0.05, 0.1) is 11.6 Å². The normalized spacial score (nSPS) is 25.2. The first-order valence-electron chi connectivity index (χ1n) is 9.64. The van der Waals surface area contributed by atoms with Crippen molar-refractivity contribution in [3.8, 4) is 6.07 Å². The molecule has 152 valence electrons. The minimum Gasteiger partial charge on any atom is -0.481 e. The van der Waals surface area contributed by atoms with Gasteiger partial charge >= 0.3 is 5.97 Å². The number of nitrogens with zero attached hydrogens (tertiary/aromatic N) is 1. The van der Waals surface area contributed by atoms with Gasteiger partial charge in [-0.2, -0.15) is 5.26 Å². The van der Waals surface area contributed by atoms with Gasteiger partial charge in [-0.1, -0.05) is 51.8 Å². The lowest BCUT2D eigenvalue weighted by Crippen LogP contribution is -2.63. The summed E-state index contributed by atoms with van der Waals surface area (Å²) in [5.41, 5.74) is -0.536. The van der Waals surface area contributed by atoms with Crippen LogP contribution in [0.25, 0.3) is 0 Å². The van der Waals surface area contributed by atoms with E-state index >= 15 is 0 Å². The minimum absolute atomic E-state index is 0.139. The van der Waals surface area contributed by atoms with E-state index in [9.17, 15) is 19.6 Å². The second kappa shape index (κ2) is 8.13. The van der Waals surface area contributed by atoms with Crippen molar-refractivity contribution in [2.45, 2.75) is 65.8 Å². The van der Waals surface area contributed by atoms with Crippen molar-refractivity contribution in [3.63, 3.8) is 0 Å². The second-order valence-electron chi connectivity index (χ2n) is 8.15. The van der Waals surface area contributed by atoms with E-state index in [1.165, 1.54) is 18.2 Å². The highest BCUT2D eigenvalue weighted by Crippen LogP contribution is 2.60. The monoisotopic (exact) mass is 406 g/mol. The topological polar surface area (TPSA) is 73.1 Å². The van der Waals surface area contributed by atoms with Crippen LogP contribution in [0.4, 0.5) is 4.39 Å². The van der Waals surface area contributed by atoms with Gasteiger partial charge in [0.15, 0.2) is 0 Å². The summed E-state index contributed by atoms with van der Waals surface area (Å²) in [6.07, 6.45) is 2.00. The summed E-state index contributed by atoms with van der Waals surface area (Å²) in [7, 11) is 0. The van der Waals surface area contributed by atoms with Crippen molar-refractivity contribution in [3.05, 3.63) is 45.9 Å². The molecular weight excluding hydrogens is 379 g/mol. The molecule has 1 aromatic carbocycles. The lowest BCUT2D eigenvalue weighted by Gasteiger charge is -2.55. The van der Waals surface area contributed by atoms with E-state index in [0.717, 1.165) is 6.42 Å². The molecule has 0 aromatic heterocycles. The minimum atomic E-state index is -1.33. The first-order chi connectivity index (χ1) is 13.1. The van der Waals surface area contributed by atoms with Gasteiger partial charge in [0, 0.05) is 22.7 Å². The van der Waals surface area contributed by atoms with Gasteiger partial charge in [-0.25, -0.2) is 4.39 Å². The van der Waals surface area contributed by atoms with E-state index in [-0.39, 0.29) is 5.02 Å². The van der Waals surface area contributed by atoms with Crippen molar-refractivity contribution >= 4 is 17.6 Å². The molecule has 3 atom stereocenters. The summed E-state index contributed by atoms with van der Waals surface area (Å²) in [4.78, 5) is 13.0. The number of benzene rings is 1. The number of rotatable bonds is 6. The molecule has 6 heteroatoms. The number of hydrogen-bond acceptors (Lipinski definition) is 3. The fraction of sp³-hybridized carbons (Fsp3) is 0.545. The molecule has 0 radical (unpaired) electrons. The van der Waals surface area contributed by atoms with E-state index < -0.39 is 34.6 Å². The number of halogens is 2. The fourth-order valence-electron chi connectivity index (χ4n) is 4.69. The van der Waals surface area contributed by atoms with E-state index in [1.807, 2.05) is 27.7 Å². The smallest absolute Gasteiger partial charge is 0.313 e. The third-order valence-corrected chi connectivity index (χ3v) is 6.74. The molecule has 1 aliphatic rings. The van der Waals surface area contributed by atoms with Crippen LogP contribution >= 0.6 is 11.6 Å². The van der Waals surface area contributed by atoms with E-state index in [1.54, 1.807) is 6.92 Å². The van der Waals surface area contributed by atoms with Crippen LogP contribution in [-0.2, 0) is 4.79 Å². The molecule has 2 rings (SSSR count). The van der Waals surface area contributed by atoms with Gasteiger partial charge in [0.2, 0.25) is 0 Å². The second-order valence-corrected chi connectivity index (χ2v) is 8.55. The Hall–Kier alpha value is -2.06. The van der Waals surface area contributed by atoms with Crippen LogP contribution < -0.4 is 5.32 Å². The van der Waals surface area contributed by atoms with E-state index in [0.29, 0.717) is 29.7 Å². The number of hydrogen-bond donors (Lipinski definition) is 2. The maximum Gasteiger partial charge on any atom is 0.313 e. The summed E-state index contributed by atoms with van der Waals surface area (Å²) in [5, 5.41) is 24.0. The van der Waals surface area contributed by atoms with Gasteiger partial charge in [-0.15, -0.1) is 0 Å². The van der Waals surface area contributed by atoms with E-state index in [2.05, 4.69) is 11.4 Å². The van der Waals surface area contributed by atoms with Gasteiger partial charge in [-0.3, -0.25) is 4.79 Å². The van der Waals surface area contributed by atoms with Gasteiger partial charge < -0.3 is 10.4 Å². The Labute approximate surface area is 171 Å². The fourth-order valence-corrected chi connectivity index (χ4v) is 4.96. The third kappa shape index (κ3) is 3.28. The summed E-state index contributed by atoms with van der Waals surface area (Å²) >= 11 is 6.40. The Morgan fingerprint density at radius 3 is 2.54 bits per heavy atom. The molecule has 0 bridgehead atoms. The van der Waals surface area contributed by atoms with Crippen molar-refractivity contribution < 1.29 is 14.3 Å². The number of carbonyl (C=O) groups is 1. The Morgan fingerprint density at radius 2 is 2.07 bits per heavy atom. The molecule has 0 saturated heterocycles. The first kappa shape index (κ1) is 22.2. The Bertz CT molecular complexity index is 843. The molecule has 0 aliphatic carbocycles. The zero-order valence-electron chi connectivity index (χ0n) is 17.1. The summed E-state index contributed by atoms with van der Waals surface area (Å²) in [5.74, 6) is -2.26. The average molecular weight is 407 g/mol. The lowest BCUT2D eigenvalue weighted by atomic mass is 9.49. The maximum absolute atomic E-state index is 13.7. The average Bonchev–Trinajstić information content (AvgIpc) is 2.61. The quantitative estimate of drug-likeness (QED) is 0.641. The predicted octanol–water partition coefficient (Wildman–Crippen LogP) is 5.64. The predicted molar refractivity (Wildman–Crippen MR) is 108 cm³/mol. The number of aliphatic carboxylic acids is 1. The third-order valence-electron chi connectivity index (χ3n) is 6.42. The number of allylic oxidation sites excluding steroid dienone is 2. The molecular formula is C22H28ClFN2O2. The molecule has 1 aliphatic heterocycles. The van der Waals surface area contributed by atoms with Crippen LogP contribution in [0.5, 0.6) is 0 Å². The molecule has 0 fully saturated rings. The van der Waals surface area contributed by atoms with Crippen molar-refractivity contribution in [2.75, 3.05) is 0 Å². The molecule has 2 N–H and O–H groups in total. The van der Waals surface area contributed by atoms with Crippen LogP contribution in [0.3, 0.4) is 0 Å². The summed E-state index contributed by atoms with van der Waals surface area (Å²) < 4.78 is 13.7. The van der Waals surface area contributed by atoms with Crippen LogP contribution in [0.15, 0.2) is 29.5 Å². The Kier molecular flexibility index (Phi) is 6.45. The molecule has 0 spiro atoms. The SMILES string of the molecule is CCCC1NC(C)=C(C#N)C(c2ccc(F)cc2Cl)C1(C(=O)O)C(C)(C)CC. The maximum atomic E-state index is 13.7. The van der Waals surface area contributed by atoms with Gasteiger partial charge in [0.25, 0.3) is 0 Å². The molecule has 0 amide bonds. The Balaban J connectivity index is 2.98. The Morgan fingerprint density at radius 1 is 1.43 bits per heavy atom. The summed E-state index contributed by atoms with van der Waals surface area (Å²) in [6.45, 7) is 9.59. The van der Waals surface area contributed by atoms with Crippen molar-refractivity contribution in [1.82, 2.24) is 5.32 Å². The summed E-state index contributed by atoms with van der Waals surface area (Å²) in [6, 6.07) is 5.79. The highest BCUT2D eigenvalue weighted by Gasteiger charge is 2.63. The number of carboxylic acid groups (broad SMARTS) is 1. The van der Waals surface area contributed by atoms with Gasteiger partial charge in [-0.05, 0) is 42.9 Å². The molecule has 1 heterocycles. The number of carboxylic acids is 1. The molecule has 4 nitrogen and oxygen atoms in total. The standard InChI is InChI=1S/C22H28ClFN2O2/c1-6-8-18-22(20(27)28,21(4,5)7-2)19(16(12-25)13(3)26-18)15-10-9-14(24)11-17(15)23/h9-11,18-19,26H,6-8H2,1-5H3,(H,27,28). The zero-order chi connectivity index (χ0) is 21.3. The van der Waals surface area contributed by atoms with Gasteiger partial charge in [0.1, 0.15) is 11.2 Å². The van der Waals surface area contributed by atoms with Crippen LogP contribution in [0.2, 0.25) is 5.02 Å². The molecule has 1 aromatic rings. The first-order valence-corrected chi connectivity index (χ1v) is 10.0.